The average Bonchev–Trinajstić information content (AvgIpc) is 2.87. The molecule has 2 aromatic rings. The molecule has 2 fully saturated rings. The number of nitrogens with zero attached hydrogens (tertiary/aromatic N) is 4. The second-order valence-electron chi connectivity index (χ2n) is 10.0. The number of urea groups is 1. The van der Waals surface area contributed by atoms with Gasteiger partial charge in [-0.25, -0.2) is 14.8 Å². The Kier molecular flexibility index (Phi) is 6.81. The first-order valence-corrected chi connectivity index (χ1v) is 12.6. The number of carbonyl (C=O) groups is 2. The van der Waals surface area contributed by atoms with Gasteiger partial charge in [-0.05, 0) is 51.5 Å². The van der Waals surface area contributed by atoms with E-state index < -0.39 is 5.41 Å². The molecule has 10 nitrogen and oxygen atoms in total. The molecule has 1 aromatic carbocycles. The SMILES string of the molecule is CCNC(=O)Nc1ccc(-c2nc3c(c(N4CCOCC4C)n2)CCN(C(=O)C2(C)COC2)C3)cc1. The summed E-state index contributed by atoms with van der Waals surface area (Å²) >= 11 is 0. The molecule has 10 heteroatoms. The van der Waals surface area contributed by atoms with Gasteiger partial charge < -0.3 is 29.9 Å². The van der Waals surface area contributed by atoms with E-state index in [2.05, 4.69) is 22.5 Å². The second-order valence-corrected chi connectivity index (χ2v) is 10.0. The highest BCUT2D eigenvalue weighted by atomic mass is 16.5. The Balaban J connectivity index is 1.47. The van der Waals surface area contributed by atoms with Gasteiger partial charge in [0.1, 0.15) is 5.82 Å². The summed E-state index contributed by atoms with van der Waals surface area (Å²) < 4.78 is 11.0. The van der Waals surface area contributed by atoms with Crippen molar-refractivity contribution in [3.63, 3.8) is 0 Å². The van der Waals surface area contributed by atoms with Crippen LogP contribution in [0.4, 0.5) is 16.3 Å². The van der Waals surface area contributed by atoms with Crippen LogP contribution in [0.15, 0.2) is 24.3 Å². The predicted molar refractivity (Wildman–Crippen MR) is 136 cm³/mol. The lowest BCUT2D eigenvalue weighted by Gasteiger charge is -2.42. The van der Waals surface area contributed by atoms with Crippen LogP contribution in [-0.2, 0) is 27.2 Å². The summed E-state index contributed by atoms with van der Waals surface area (Å²) in [5.41, 5.74) is 3.10. The fourth-order valence-corrected chi connectivity index (χ4v) is 4.94. The van der Waals surface area contributed by atoms with Gasteiger partial charge in [0.05, 0.1) is 50.1 Å². The van der Waals surface area contributed by atoms with Gasteiger partial charge in [-0.15, -0.1) is 0 Å². The second kappa shape index (κ2) is 10.0. The van der Waals surface area contributed by atoms with E-state index in [1.54, 1.807) is 0 Å². The van der Waals surface area contributed by atoms with Crippen LogP contribution in [-0.4, -0.2) is 78.9 Å². The number of ether oxygens (including phenoxy) is 2. The van der Waals surface area contributed by atoms with Gasteiger partial charge in [-0.2, -0.15) is 0 Å². The zero-order valence-corrected chi connectivity index (χ0v) is 21.2. The zero-order chi connectivity index (χ0) is 25.3. The van der Waals surface area contributed by atoms with Gasteiger partial charge in [0.15, 0.2) is 5.82 Å². The van der Waals surface area contributed by atoms with E-state index in [-0.39, 0.29) is 18.0 Å². The minimum atomic E-state index is -0.443. The van der Waals surface area contributed by atoms with Crippen LogP contribution in [0.2, 0.25) is 0 Å². The van der Waals surface area contributed by atoms with Crippen molar-refractivity contribution in [3.8, 4) is 11.4 Å². The molecule has 5 rings (SSSR count). The summed E-state index contributed by atoms with van der Waals surface area (Å²) in [4.78, 5) is 39.3. The van der Waals surface area contributed by atoms with Crippen molar-refractivity contribution < 1.29 is 19.1 Å². The maximum absolute atomic E-state index is 13.2. The van der Waals surface area contributed by atoms with Gasteiger partial charge in [-0.3, -0.25) is 4.79 Å². The normalized spacial score (nSPS) is 20.8. The monoisotopic (exact) mass is 494 g/mol. The lowest BCUT2D eigenvalue weighted by molar-refractivity contribution is -0.169. The van der Waals surface area contributed by atoms with Gasteiger partial charge in [0.2, 0.25) is 5.91 Å². The Bertz CT molecular complexity index is 1130. The van der Waals surface area contributed by atoms with Crippen molar-refractivity contribution in [1.82, 2.24) is 20.2 Å². The molecule has 3 aliphatic heterocycles. The van der Waals surface area contributed by atoms with Crippen LogP contribution in [0.1, 0.15) is 32.0 Å². The molecular formula is C26H34N6O4. The van der Waals surface area contributed by atoms with Crippen LogP contribution in [0, 0.1) is 5.41 Å². The molecule has 1 unspecified atom stereocenters. The van der Waals surface area contributed by atoms with E-state index in [4.69, 9.17) is 19.4 Å². The Morgan fingerprint density at radius 2 is 1.92 bits per heavy atom. The molecule has 0 saturated carbocycles. The van der Waals surface area contributed by atoms with Crippen molar-refractivity contribution >= 4 is 23.4 Å². The third kappa shape index (κ3) is 4.75. The maximum atomic E-state index is 13.2. The summed E-state index contributed by atoms with van der Waals surface area (Å²) in [6.07, 6.45) is 0.715. The molecule has 1 aromatic heterocycles. The number of hydrogen-bond acceptors (Lipinski definition) is 7. The van der Waals surface area contributed by atoms with Gasteiger partial charge in [0, 0.05) is 36.4 Å². The van der Waals surface area contributed by atoms with Crippen molar-refractivity contribution in [2.75, 3.05) is 56.3 Å². The number of amides is 3. The van der Waals surface area contributed by atoms with Gasteiger partial charge >= 0.3 is 6.03 Å². The van der Waals surface area contributed by atoms with Gasteiger partial charge in [0.25, 0.3) is 0 Å². The number of morpholine rings is 1. The molecule has 1 atom stereocenters. The van der Waals surface area contributed by atoms with Crippen molar-refractivity contribution in [3.05, 3.63) is 35.5 Å². The largest absolute Gasteiger partial charge is 0.379 e. The fraction of sp³-hybridized carbons (Fsp3) is 0.538. The molecule has 3 amide bonds. The molecule has 0 bridgehead atoms. The number of carbonyl (C=O) groups excluding carboxylic acids is 2. The number of fused-ring (bicyclic) bond motifs is 1. The summed E-state index contributed by atoms with van der Waals surface area (Å²) in [7, 11) is 0. The minimum absolute atomic E-state index is 0.127. The molecular weight excluding hydrogens is 460 g/mol. The molecule has 36 heavy (non-hydrogen) atoms. The third-order valence-corrected chi connectivity index (χ3v) is 7.07. The Morgan fingerprint density at radius 3 is 2.58 bits per heavy atom. The van der Waals surface area contributed by atoms with E-state index >= 15 is 0 Å². The zero-order valence-electron chi connectivity index (χ0n) is 21.2. The van der Waals surface area contributed by atoms with Gasteiger partial charge in [-0.1, -0.05) is 0 Å². The van der Waals surface area contributed by atoms with E-state index in [1.807, 2.05) is 43.0 Å². The summed E-state index contributed by atoms with van der Waals surface area (Å²) in [6.45, 7) is 10.7. The van der Waals surface area contributed by atoms with Crippen molar-refractivity contribution in [2.24, 2.45) is 5.41 Å². The van der Waals surface area contributed by atoms with Crippen LogP contribution in [0.25, 0.3) is 11.4 Å². The number of aromatic nitrogens is 2. The highest BCUT2D eigenvalue weighted by Crippen LogP contribution is 2.35. The Morgan fingerprint density at radius 1 is 1.14 bits per heavy atom. The summed E-state index contributed by atoms with van der Waals surface area (Å²) in [6, 6.07) is 7.46. The average molecular weight is 495 g/mol. The first-order valence-electron chi connectivity index (χ1n) is 12.6. The number of rotatable bonds is 5. The highest BCUT2D eigenvalue weighted by Gasteiger charge is 2.44. The molecule has 2 N–H and O–H groups in total. The van der Waals surface area contributed by atoms with Crippen LogP contribution >= 0.6 is 0 Å². The van der Waals surface area contributed by atoms with Crippen LogP contribution in [0.3, 0.4) is 0 Å². The number of nitrogens with one attached hydrogen (secondary N) is 2. The number of benzene rings is 1. The molecule has 2 saturated heterocycles. The smallest absolute Gasteiger partial charge is 0.319 e. The Labute approximate surface area is 211 Å². The number of anilines is 2. The van der Waals surface area contributed by atoms with Crippen molar-refractivity contribution in [1.29, 1.82) is 0 Å². The summed E-state index contributed by atoms with van der Waals surface area (Å²) in [5, 5.41) is 5.54. The standard InChI is InChI=1S/C26H34N6O4/c1-4-27-25(34)28-19-7-5-18(6-8-19)22-29-21-13-31(24(33)26(3)15-36-16-26)10-9-20(21)23(30-22)32-11-12-35-14-17(32)2/h5-8,17H,4,9-16H2,1-3H3,(H2,27,28,34). The first kappa shape index (κ1) is 24.5. The summed E-state index contributed by atoms with van der Waals surface area (Å²) in [5.74, 6) is 1.67. The molecule has 3 aliphatic rings. The quantitative estimate of drug-likeness (QED) is 0.657. The molecule has 192 valence electrons. The molecule has 0 spiro atoms. The van der Waals surface area contributed by atoms with Crippen molar-refractivity contribution in [2.45, 2.75) is 39.8 Å². The maximum Gasteiger partial charge on any atom is 0.319 e. The first-order chi connectivity index (χ1) is 17.4. The topological polar surface area (TPSA) is 109 Å². The third-order valence-electron chi connectivity index (χ3n) is 7.07. The Hall–Kier alpha value is -3.24. The lowest BCUT2D eigenvalue weighted by atomic mass is 9.86. The molecule has 4 heterocycles. The molecule has 0 radical (unpaired) electrons. The van der Waals surface area contributed by atoms with E-state index in [0.29, 0.717) is 64.0 Å². The van der Waals surface area contributed by atoms with Crippen LogP contribution in [0.5, 0.6) is 0 Å². The van der Waals surface area contributed by atoms with E-state index in [1.165, 1.54) is 0 Å². The number of hydrogen-bond donors (Lipinski definition) is 2. The minimum Gasteiger partial charge on any atom is -0.379 e. The molecule has 0 aliphatic carbocycles. The van der Waals surface area contributed by atoms with E-state index in [9.17, 15) is 9.59 Å². The predicted octanol–water partition coefficient (Wildman–Crippen LogP) is 2.43. The fourth-order valence-electron chi connectivity index (χ4n) is 4.94. The lowest BCUT2D eigenvalue weighted by Crippen LogP contribution is -2.54. The van der Waals surface area contributed by atoms with Crippen LogP contribution < -0.4 is 15.5 Å². The highest BCUT2D eigenvalue weighted by molar-refractivity contribution is 5.89. The van der Waals surface area contributed by atoms with E-state index in [0.717, 1.165) is 29.2 Å².